The van der Waals surface area contributed by atoms with E-state index in [9.17, 15) is 0 Å². The molecule has 0 unspecified atom stereocenters. The zero-order valence-electron chi connectivity index (χ0n) is 22.1. The largest absolute Gasteiger partial charge is 2.00 e. The fraction of sp³-hybridized carbons (Fsp3) is 0. The van der Waals surface area contributed by atoms with Crippen LogP contribution in [0.2, 0.25) is 0 Å². The van der Waals surface area contributed by atoms with Crippen molar-refractivity contribution < 1.29 is 31.2 Å². The molecule has 0 aliphatic heterocycles. The van der Waals surface area contributed by atoms with Crippen LogP contribution in [0.15, 0.2) is 98.1 Å². The van der Waals surface area contributed by atoms with Gasteiger partial charge in [0.15, 0.2) is 0 Å². The van der Waals surface area contributed by atoms with Crippen molar-refractivity contribution in [1.29, 1.82) is 0 Å². The third kappa shape index (κ3) is 25.9. The molecule has 0 saturated heterocycles. The Balaban J connectivity index is -0.000000565. The number of hydrogen-bond donors (Lipinski definition) is 2. The first-order valence-corrected chi connectivity index (χ1v) is 10.6. The van der Waals surface area contributed by atoms with Crippen LogP contribution < -0.4 is 12.3 Å². The molecule has 0 fully saturated rings. The predicted molar refractivity (Wildman–Crippen MR) is 155 cm³/mol. The van der Waals surface area contributed by atoms with Gasteiger partial charge in [-0.3, -0.25) is 19.9 Å². The summed E-state index contributed by atoms with van der Waals surface area (Å²) in [6.07, 6.45) is 13.7. The molecule has 0 amide bonds. The average molecular weight is 762 g/mol. The van der Waals surface area contributed by atoms with Gasteiger partial charge in [-0.05, 0) is 72.2 Å². The van der Waals surface area contributed by atoms with E-state index in [1.54, 1.807) is 49.6 Å². The van der Waals surface area contributed by atoms with Gasteiger partial charge in [0.2, 0.25) is 0 Å². The van der Waals surface area contributed by atoms with Gasteiger partial charge in [-0.2, -0.15) is 0 Å². The first kappa shape index (κ1) is 41.3. The van der Waals surface area contributed by atoms with Gasteiger partial charge in [-0.15, -0.1) is 0 Å². The molecule has 43 heavy (non-hydrogen) atoms. The smallest absolute Gasteiger partial charge is 0.356 e. The number of rotatable bonds is 0. The molecule has 15 heteroatoms. The van der Waals surface area contributed by atoms with Crippen molar-refractivity contribution in [2.24, 2.45) is 0 Å². The van der Waals surface area contributed by atoms with Crippen LogP contribution in [-0.2, 0) is 21.1 Å². The number of aromatic nitrogens is 4. The minimum atomic E-state index is -1.75. The van der Waals surface area contributed by atoms with E-state index in [4.69, 9.17) is 30.6 Å². The van der Waals surface area contributed by atoms with E-state index in [0.717, 1.165) is 22.3 Å². The molecule has 14 nitrogen and oxygen atoms in total. The van der Waals surface area contributed by atoms with Crippen molar-refractivity contribution in [3.63, 3.8) is 0 Å². The summed E-state index contributed by atoms with van der Waals surface area (Å²) in [6, 6.07) is 14.8. The van der Waals surface area contributed by atoms with E-state index in [0.29, 0.717) is 0 Å². The molecule has 4 heterocycles. The maximum Gasteiger partial charge on any atom is 2.00 e. The second-order valence-electron chi connectivity index (χ2n) is 6.39. The fourth-order valence-electron chi connectivity index (χ4n) is 2.15. The van der Waals surface area contributed by atoms with Crippen molar-refractivity contribution >= 4 is 0 Å². The Hall–Kier alpha value is -6.15. The standard InChI is InChI=1S/2C14H8N2.2NO3.2H3N.Pt/c2*1(3-13-5-9-15-10-6-13)2-4-14-7-11-16-12-8-14;2*2-1(3)4;;;/h2*5-12H;;;2*1H3;/q;;2*-1;;;+2. The van der Waals surface area contributed by atoms with Gasteiger partial charge in [-0.1, -0.05) is 23.7 Å². The summed E-state index contributed by atoms with van der Waals surface area (Å²) in [4.78, 5) is 32.1. The average Bonchev–Trinajstić information content (AvgIpc) is 2.96. The Morgan fingerprint density at radius 2 is 0.558 bits per heavy atom. The third-order valence-electron chi connectivity index (χ3n) is 3.67. The number of pyridine rings is 4. The summed E-state index contributed by atoms with van der Waals surface area (Å²) in [5.41, 5.74) is 3.66. The Morgan fingerprint density at radius 1 is 0.419 bits per heavy atom. The molecule has 4 rings (SSSR count). The first-order valence-electron chi connectivity index (χ1n) is 10.6. The van der Waals surface area contributed by atoms with Crippen LogP contribution in [0.4, 0.5) is 0 Å². The first-order chi connectivity index (χ1) is 19.4. The number of hydrogen-bond acceptors (Lipinski definition) is 12. The SMILES string of the molecule is C(C#Cc1ccncc1)#Cc1ccncc1.C(C#Cc1ccncc1)#Cc1ccncc1.N.N.O=[N+]([O-])[O-].O=[N+]([O-])[O-].[Pt+2]. The van der Waals surface area contributed by atoms with Crippen LogP contribution in [0, 0.1) is 78.0 Å². The van der Waals surface area contributed by atoms with Crippen LogP contribution in [0.1, 0.15) is 22.3 Å². The second-order valence-corrected chi connectivity index (χ2v) is 6.39. The normalized spacial score (nSPS) is 7.26. The van der Waals surface area contributed by atoms with Crippen molar-refractivity contribution in [3.05, 3.63) is 151 Å². The monoisotopic (exact) mass is 761 g/mol. The topological polar surface area (TPSA) is 254 Å². The van der Waals surface area contributed by atoms with E-state index in [2.05, 4.69) is 67.3 Å². The molecule has 220 valence electrons. The molecule has 6 N–H and O–H groups in total. The summed E-state index contributed by atoms with van der Waals surface area (Å²) in [7, 11) is 0. The van der Waals surface area contributed by atoms with Crippen LogP contribution in [-0.4, -0.2) is 30.1 Å². The maximum absolute atomic E-state index is 8.25. The van der Waals surface area contributed by atoms with Gasteiger partial charge in [0.25, 0.3) is 0 Å². The van der Waals surface area contributed by atoms with Crippen molar-refractivity contribution in [1.82, 2.24) is 32.2 Å². The molecule has 0 bridgehead atoms. The van der Waals surface area contributed by atoms with Crippen molar-refractivity contribution in [2.45, 2.75) is 0 Å². The summed E-state index contributed by atoms with van der Waals surface area (Å²) in [5, 5.41) is 29.5. The van der Waals surface area contributed by atoms with Crippen molar-refractivity contribution in [3.8, 4) is 47.4 Å². The van der Waals surface area contributed by atoms with Gasteiger partial charge in [-0.25, -0.2) is 0 Å². The summed E-state index contributed by atoms with van der Waals surface area (Å²) in [6.45, 7) is 0. The fourth-order valence-corrected chi connectivity index (χ4v) is 2.15. The molecule has 0 aromatic carbocycles. The predicted octanol–water partition coefficient (Wildman–Crippen LogP) is 3.60. The van der Waals surface area contributed by atoms with Crippen LogP contribution in [0.3, 0.4) is 0 Å². The molecule has 0 radical (unpaired) electrons. The van der Waals surface area contributed by atoms with Gasteiger partial charge in [0.05, 0.1) is 10.2 Å². The summed E-state index contributed by atoms with van der Waals surface area (Å²) >= 11 is 0. The maximum atomic E-state index is 8.25. The zero-order valence-corrected chi connectivity index (χ0v) is 24.4. The van der Waals surface area contributed by atoms with Crippen LogP contribution in [0.5, 0.6) is 0 Å². The molecular weight excluding hydrogens is 739 g/mol. The van der Waals surface area contributed by atoms with Crippen molar-refractivity contribution in [2.75, 3.05) is 0 Å². The Bertz CT molecular complexity index is 1350. The Kier molecular flexibility index (Phi) is 26.4. The Morgan fingerprint density at radius 3 is 0.698 bits per heavy atom. The Labute approximate surface area is 261 Å². The molecular formula is C28H22N8O6Pt. The molecule has 4 aromatic heterocycles. The van der Waals surface area contributed by atoms with Gasteiger partial charge < -0.3 is 42.9 Å². The summed E-state index contributed by atoms with van der Waals surface area (Å²) < 4.78 is 0. The second kappa shape index (κ2) is 27.4. The molecule has 0 aliphatic carbocycles. The zero-order chi connectivity index (χ0) is 29.3. The van der Waals surface area contributed by atoms with E-state index in [1.807, 2.05) is 48.5 Å². The molecule has 0 spiro atoms. The molecule has 4 aromatic rings. The van der Waals surface area contributed by atoms with E-state index < -0.39 is 10.2 Å². The molecule has 0 atom stereocenters. The van der Waals surface area contributed by atoms with Crippen LogP contribution in [0.25, 0.3) is 0 Å². The van der Waals surface area contributed by atoms with E-state index in [1.165, 1.54) is 0 Å². The van der Waals surface area contributed by atoms with Crippen LogP contribution >= 0.6 is 0 Å². The minimum Gasteiger partial charge on any atom is -0.356 e. The summed E-state index contributed by atoms with van der Waals surface area (Å²) in [5.74, 6) is 22.9. The van der Waals surface area contributed by atoms with E-state index >= 15 is 0 Å². The molecule has 0 saturated carbocycles. The van der Waals surface area contributed by atoms with Gasteiger partial charge >= 0.3 is 21.1 Å². The van der Waals surface area contributed by atoms with E-state index in [-0.39, 0.29) is 33.4 Å². The quantitative estimate of drug-likeness (QED) is 0.148. The van der Waals surface area contributed by atoms with Gasteiger partial charge in [0, 0.05) is 71.8 Å². The number of nitrogens with zero attached hydrogens (tertiary/aromatic N) is 6. The minimum absolute atomic E-state index is 0. The third-order valence-corrected chi connectivity index (χ3v) is 3.67. The molecule has 0 aliphatic rings. The van der Waals surface area contributed by atoms with Gasteiger partial charge in [0.1, 0.15) is 0 Å².